The van der Waals surface area contributed by atoms with Crippen LogP contribution < -0.4 is 10.5 Å². The molecule has 0 radical (unpaired) electrons. The second-order valence-corrected chi connectivity index (χ2v) is 4.94. The molecule has 1 aromatic carbocycles. The largest absolute Gasteiger partial charge is 0.488 e. The van der Waals surface area contributed by atoms with Crippen LogP contribution in [0.4, 0.5) is 8.78 Å². The molecule has 0 aliphatic heterocycles. The molecule has 1 saturated carbocycles. The van der Waals surface area contributed by atoms with Gasteiger partial charge in [-0.25, -0.2) is 8.78 Å². The Morgan fingerprint density at radius 3 is 2.28 bits per heavy atom. The summed E-state index contributed by atoms with van der Waals surface area (Å²) in [5, 5.41) is 0. The second kappa shape index (κ2) is 5.65. The molecular weight excluding hydrogens is 236 g/mol. The first-order chi connectivity index (χ1) is 8.60. The number of hydrogen-bond acceptors (Lipinski definition) is 2. The molecule has 0 unspecified atom stereocenters. The normalized spacial score (nSPS) is 18.9. The fourth-order valence-electron chi connectivity index (χ4n) is 2.51. The van der Waals surface area contributed by atoms with Crippen LogP contribution in [0, 0.1) is 0 Å². The minimum absolute atomic E-state index is 0.251. The molecule has 1 aliphatic carbocycles. The molecule has 0 bridgehead atoms. The first-order valence-corrected chi connectivity index (χ1v) is 6.40. The number of rotatable bonds is 4. The Morgan fingerprint density at radius 1 is 1.11 bits per heavy atom. The summed E-state index contributed by atoms with van der Waals surface area (Å²) in [6, 6.07) is 7.24. The lowest BCUT2D eigenvalue weighted by Crippen LogP contribution is -2.38. The Bertz CT molecular complexity index is 372. The van der Waals surface area contributed by atoms with Gasteiger partial charge in [-0.3, -0.25) is 0 Å². The lowest BCUT2D eigenvalue weighted by Gasteiger charge is -2.34. The molecule has 0 heterocycles. The summed E-state index contributed by atoms with van der Waals surface area (Å²) in [5.41, 5.74) is 7.22. The third-order valence-corrected chi connectivity index (χ3v) is 3.55. The number of hydrogen-bond donors (Lipinski definition) is 1. The van der Waals surface area contributed by atoms with E-state index in [2.05, 4.69) is 0 Å². The van der Waals surface area contributed by atoms with Gasteiger partial charge in [-0.15, -0.1) is 0 Å². The second-order valence-electron chi connectivity index (χ2n) is 4.94. The zero-order valence-corrected chi connectivity index (χ0v) is 10.4. The Labute approximate surface area is 106 Å². The summed E-state index contributed by atoms with van der Waals surface area (Å²) < 4.78 is 29.0. The number of ether oxygens (including phenoxy) is 1. The number of alkyl halides is 2. The van der Waals surface area contributed by atoms with E-state index in [0.717, 1.165) is 31.2 Å². The fraction of sp³-hybridized carbons (Fsp3) is 0.571. The molecule has 2 N–H and O–H groups in total. The van der Waals surface area contributed by atoms with Crippen LogP contribution in [-0.4, -0.2) is 13.0 Å². The highest BCUT2D eigenvalue weighted by atomic mass is 19.3. The van der Waals surface area contributed by atoms with Crippen LogP contribution in [0.3, 0.4) is 0 Å². The third kappa shape index (κ3) is 3.19. The van der Waals surface area contributed by atoms with E-state index in [4.69, 9.17) is 10.5 Å². The molecule has 1 fully saturated rings. The summed E-state index contributed by atoms with van der Waals surface area (Å²) in [5.74, 6) is 0.471. The van der Waals surface area contributed by atoms with Crippen LogP contribution >= 0.6 is 0 Å². The van der Waals surface area contributed by atoms with Gasteiger partial charge >= 0.3 is 0 Å². The molecular formula is C14H19F2NO. The quantitative estimate of drug-likeness (QED) is 0.894. The van der Waals surface area contributed by atoms with Crippen LogP contribution in [0.5, 0.6) is 5.75 Å². The van der Waals surface area contributed by atoms with E-state index < -0.39 is 13.0 Å². The Hall–Kier alpha value is -1.16. The van der Waals surface area contributed by atoms with Gasteiger partial charge in [0.25, 0.3) is 6.43 Å². The molecule has 0 aromatic heterocycles. The van der Waals surface area contributed by atoms with Crippen molar-refractivity contribution in [1.29, 1.82) is 0 Å². The number of nitrogens with two attached hydrogens (primary N) is 1. The molecule has 100 valence electrons. The zero-order valence-electron chi connectivity index (χ0n) is 10.4. The van der Waals surface area contributed by atoms with Crippen molar-refractivity contribution < 1.29 is 13.5 Å². The van der Waals surface area contributed by atoms with Gasteiger partial charge in [0.05, 0.1) is 0 Å². The van der Waals surface area contributed by atoms with E-state index in [0.29, 0.717) is 5.75 Å². The summed E-state index contributed by atoms with van der Waals surface area (Å²) in [7, 11) is 0. The van der Waals surface area contributed by atoms with Crippen LogP contribution in [0.25, 0.3) is 0 Å². The van der Waals surface area contributed by atoms with Crippen LogP contribution in [0.15, 0.2) is 24.3 Å². The van der Waals surface area contributed by atoms with Gasteiger partial charge in [-0.05, 0) is 30.5 Å². The predicted molar refractivity (Wildman–Crippen MR) is 66.9 cm³/mol. The third-order valence-electron chi connectivity index (χ3n) is 3.55. The minimum atomic E-state index is -2.44. The summed E-state index contributed by atoms with van der Waals surface area (Å²) in [6.45, 7) is -0.562. The topological polar surface area (TPSA) is 35.2 Å². The van der Waals surface area contributed by atoms with Gasteiger partial charge in [0, 0.05) is 5.54 Å². The van der Waals surface area contributed by atoms with Crippen LogP contribution in [0.2, 0.25) is 0 Å². The van der Waals surface area contributed by atoms with Crippen molar-refractivity contribution in [3.63, 3.8) is 0 Å². The molecule has 0 amide bonds. The fourth-order valence-corrected chi connectivity index (χ4v) is 2.51. The monoisotopic (exact) mass is 255 g/mol. The average molecular weight is 255 g/mol. The van der Waals surface area contributed by atoms with Crippen molar-refractivity contribution in [2.75, 3.05) is 6.61 Å². The smallest absolute Gasteiger partial charge is 0.272 e. The maximum atomic E-state index is 12.0. The summed E-state index contributed by atoms with van der Waals surface area (Å²) in [6.07, 6.45) is 3.09. The first-order valence-electron chi connectivity index (χ1n) is 6.40. The zero-order chi connectivity index (χ0) is 13.0. The Balaban J connectivity index is 2.02. The van der Waals surface area contributed by atoms with Gasteiger partial charge in [-0.2, -0.15) is 0 Å². The van der Waals surface area contributed by atoms with E-state index in [1.54, 1.807) is 12.1 Å². The van der Waals surface area contributed by atoms with E-state index in [1.165, 1.54) is 6.42 Å². The highest BCUT2D eigenvalue weighted by Gasteiger charge is 2.29. The van der Waals surface area contributed by atoms with Gasteiger partial charge in [0.2, 0.25) is 0 Å². The van der Waals surface area contributed by atoms with Crippen molar-refractivity contribution in [2.24, 2.45) is 5.73 Å². The van der Waals surface area contributed by atoms with Gasteiger partial charge in [0.1, 0.15) is 12.4 Å². The standard InChI is InChI=1S/C14H19F2NO/c15-13(16)10-18-12-6-4-11(5-7-12)14(17)8-2-1-3-9-14/h4-7,13H,1-3,8-10,17H2. The maximum Gasteiger partial charge on any atom is 0.272 e. The molecule has 0 spiro atoms. The van der Waals surface area contributed by atoms with Crippen molar-refractivity contribution in [3.8, 4) is 5.75 Å². The van der Waals surface area contributed by atoms with E-state index in [1.807, 2.05) is 12.1 Å². The summed E-state index contributed by atoms with van der Waals surface area (Å²) in [4.78, 5) is 0. The molecule has 1 aromatic rings. The SMILES string of the molecule is NC1(c2ccc(OCC(F)F)cc2)CCCCC1. The Morgan fingerprint density at radius 2 is 1.72 bits per heavy atom. The maximum absolute atomic E-state index is 12.0. The molecule has 0 saturated heterocycles. The minimum Gasteiger partial charge on any atom is -0.488 e. The van der Waals surface area contributed by atoms with E-state index >= 15 is 0 Å². The van der Waals surface area contributed by atoms with Gasteiger partial charge in [0.15, 0.2) is 0 Å². The van der Waals surface area contributed by atoms with Gasteiger partial charge < -0.3 is 10.5 Å². The van der Waals surface area contributed by atoms with Crippen LogP contribution in [0.1, 0.15) is 37.7 Å². The van der Waals surface area contributed by atoms with Crippen molar-refractivity contribution in [3.05, 3.63) is 29.8 Å². The molecule has 18 heavy (non-hydrogen) atoms. The van der Waals surface area contributed by atoms with Crippen molar-refractivity contribution in [2.45, 2.75) is 44.1 Å². The van der Waals surface area contributed by atoms with Crippen LogP contribution in [-0.2, 0) is 5.54 Å². The van der Waals surface area contributed by atoms with Gasteiger partial charge in [-0.1, -0.05) is 31.4 Å². The van der Waals surface area contributed by atoms with E-state index in [9.17, 15) is 8.78 Å². The molecule has 2 nitrogen and oxygen atoms in total. The predicted octanol–water partition coefficient (Wildman–Crippen LogP) is 3.45. The Kier molecular flexibility index (Phi) is 4.17. The molecule has 2 rings (SSSR count). The first kappa shape index (κ1) is 13.3. The highest BCUT2D eigenvalue weighted by Crippen LogP contribution is 2.35. The lowest BCUT2D eigenvalue weighted by atomic mass is 9.77. The van der Waals surface area contributed by atoms with Crippen molar-refractivity contribution in [1.82, 2.24) is 0 Å². The number of benzene rings is 1. The molecule has 0 atom stereocenters. The highest BCUT2D eigenvalue weighted by molar-refractivity contribution is 5.32. The number of halogens is 2. The lowest BCUT2D eigenvalue weighted by molar-refractivity contribution is 0.0819. The molecule has 4 heteroatoms. The average Bonchev–Trinajstić information content (AvgIpc) is 2.38. The molecule has 1 aliphatic rings. The van der Waals surface area contributed by atoms with Crippen molar-refractivity contribution >= 4 is 0 Å². The summed E-state index contributed by atoms with van der Waals surface area (Å²) >= 11 is 0. The van der Waals surface area contributed by atoms with E-state index in [-0.39, 0.29) is 5.54 Å².